The number of anilines is 3. The Bertz CT molecular complexity index is 1690. The van der Waals surface area contributed by atoms with Crippen LogP contribution in [-0.4, -0.2) is 29.9 Å². The first kappa shape index (κ1) is 22.0. The molecule has 6 aromatic rings. The van der Waals surface area contributed by atoms with Crippen LogP contribution in [0, 0.1) is 0 Å². The van der Waals surface area contributed by atoms with Gasteiger partial charge in [-0.1, -0.05) is 57.2 Å². The molecule has 6 rings (SSSR count). The number of hydrogen-bond acceptors (Lipinski definition) is 7. The lowest BCUT2D eigenvalue weighted by molar-refractivity contribution is 0.863. The summed E-state index contributed by atoms with van der Waals surface area (Å²) in [6.07, 6.45) is 9.39. The third kappa shape index (κ3) is 3.51. The summed E-state index contributed by atoms with van der Waals surface area (Å²) >= 11 is 0. The summed E-state index contributed by atoms with van der Waals surface area (Å²) in [6, 6.07) is 16.9. The quantitative estimate of drug-likeness (QED) is 0.260. The molecule has 0 saturated carbocycles. The van der Waals surface area contributed by atoms with Gasteiger partial charge in [-0.05, 0) is 35.6 Å². The van der Waals surface area contributed by atoms with Crippen molar-refractivity contribution in [3.63, 3.8) is 0 Å². The van der Waals surface area contributed by atoms with Gasteiger partial charge in [0, 0.05) is 24.8 Å². The average molecular weight is 472 g/mol. The number of fused-ring (bicyclic) bond motifs is 6. The smallest absolute Gasteiger partial charge is 0.156 e. The Morgan fingerprint density at radius 1 is 0.639 bits per heavy atom. The molecule has 7 nitrogen and oxygen atoms in total. The SMILES string of the molecule is CCc1ccccc1N(c1cnc2c3nccnc3c3nccnc3c2n1)c1ccccc1C(C)C. The van der Waals surface area contributed by atoms with E-state index in [1.807, 2.05) is 6.20 Å². The van der Waals surface area contributed by atoms with Gasteiger partial charge < -0.3 is 0 Å². The van der Waals surface area contributed by atoms with Gasteiger partial charge in [0.05, 0.1) is 17.6 Å². The van der Waals surface area contributed by atoms with E-state index in [-0.39, 0.29) is 0 Å². The molecule has 0 spiro atoms. The maximum atomic E-state index is 5.18. The zero-order valence-electron chi connectivity index (χ0n) is 20.4. The maximum absolute atomic E-state index is 5.18. The van der Waals surface area contributed by atoms with Crippen molar-refractivity contribution in [2.75, 3.05) is 4.90 Å². The second kappa shape index (κ2) is 8.92. The summed E-state index contributed by atoms with van der Waals surface area (Å²) in [4.78, 5) is 30.6. The fourth-order valence-electron chi connectivity index (χ4n) is 4.78. The molecule has 176 valence electrons. The first-order valence-electron chi connectivity index (χ1n) is 12.1. The Morgan fingerprint density at radius 3 is 1.78 bits per heavy atom. The van der Waals surface area contributed by atoms with E-state index in [0.717, 1.165) is 17.8 Å². The fourth-order valence-corrected chi connectivity index (χ4v) is 4.78. The molecule has 0 bridgehead atoms. The minimum atomic E-state index is 0.330. The van der Waals surface area contributed by atoms with Gasteiger partial charge >= 0.3 is 0 Å². The van der Waals surface area contributed by atoms with Crippen molar-refractivity contribution in [3.8, 4) is 0 Å². The Hall–Kier alpha value is -4.52. The van der Waals surface area contributed by atoms with Gasteiger partial charge in [-0.15, -0.1) is 0 Å². The molecule has 0 aliphatic carbocycles. The zero-order valence-corrected chi connectivity index (χ0v) is 20.4. The predicted molar refractivity (Wildman–Crippen MR) is 144 cm³/mol. The van der Waals surface area contributed by atoms with Crippen LogP contribution in [-0.2, 0) is 6.42 Å². The summed E-state index contributed by atoms with van der Waals surface area (Å²) in [5.41, 5.74) is 8.62. The molecular weight excluding hydrogens is 446 g/mol. The maximum Gasteiger partial charge on any atom is 0.156 e. The summed E-state index contributed by atoms with van der Waals surface area (Å²) in [7, 11) is 0. The second-order valence-corrected chi connectivity index (χ2v) is 8.96. The topological polar surface area (TPSA) is 80.6 Å². The molecule has 0 N–H and O–H groups in total. The molecule has 0 amide bonds. The van der Waals surface area contributed by atoms with Gasteiger partial charge in [0.1, 0.15) is 33.1 Å². The number of benzene rings is 3. The van der Waals surface area contributed by atoms with Crippen molar-refractivity contribution in [2.45, 2.75) is 33.1 Å². The van der Waals surface area contributed by atoms with E-state index in [2.05, 4.69) is 94.1 Å². The summed E-state index contributed by atoms with van der Waals surface area (Å²) in [5.74, 6) is 1.04. The summed E-state index contributed by atoms with van der Waals surface area (Å²) in [6.45, 7) is 6.59. The Kier molecular flexibility index (Phi) is 5.45. The standard InChI is InChI=1S/C29H25N7/c1-4-19-9-5-7-11-21(19)36(22-12-8-6-10-20(22)18(2)3)23-17-34-28-26-24(30-13-14-32-26)25-27(29(28)35-23)33-16-15-31-25/h5-18H,4H2,1-3H3. The van der Waals surface area contributed by atoms with E-state index in [9.17, 15) is 0 Å². The summed E-state index contributed by atoms with van der Waals surface area (Å²) < 4.78 is 0. The molecule has 0 atom stereocenters. The number of hydrogen-bond donors (Lipinski definition) is 0. The number of para-hydroxylation sites is 2. The molecule has 3 aromatic heterocycles. The van der Waals surface area contributed by atoms with Gasteiger partial charge in [-0.3, -0.25) is 24.8 Å². The van der Waals surface area contributed by atoms with Crippen LogP contribution in [0.1, 0.15) is 37.8 Å². The normalized spacial score (nSPS) is 11.6. The van der Waals surface area contributed by atoms with Crippen molar-refractivity contribution in [1.82, 2.24) is 29.9 Å². The Morgan fingerprint density at radius 2 is 1.17 bits per heavy atom. The number of aromatic nitrogens is 6. The molecule has 3 heterocycles. The van der Waals surface area contributed by atoms with Gasteiger partial charge in [0.25, 0.3) is 0 Å². The van der Waals surface area contributed by atoms with Gasteiger partial charge in [0.15, 0.2) is 5.82 Å². The van der Waals surface area contributed by atoms with E-state index in [1.165, 1.54) is 11.1 Å². The first-order valence-corrected chi connectivity index (χ1v) is 12.1. The highest BCUT2D eigenvalue weighted by Gasteiger charge is 2.23. The van der Waals surface area contributed by atoms with Crippen LogP contribution < -0.4 is 4.90 Å². The highest BCUT2D eigenvalue weighted by atomic mass is 15.2. The summed E-state index contributed by atoms with van der Waals surface area (Å²) in [5, 5.41) is 0. The molecule has 3 aromatic carbocycles. The van der Waals surface area contributed by atoms with Gasteiger partial charge in [0.2, 0.25) is 0 Å². The van der Waals surface area contributed by atoms with E-state index in [4.69, 9.17) is 9.97 Å². The lowest BCUT2D eigenvalue weighted by atomic mass is 9.99. The highest BCUT2D eigenvalue weighted by Crippen LogP contribution is 2.40. The Balaban J connectivity index is 1.70. The fraction of sp³-hybridized carbons (Fsp3) is 0.172. The highest BCUT2D eigenvalue weighted by molar-refractivity contribution is 6.17. The van der Waals surface area contributed by atoms with E-state index >= 15 is 0 Å². The monoisotopic (exact) mass is 471 g/mol. The minimum Gasteiger partial charge on any atom is -0.293 e. The van der Waals surface area contributed by atoms with Crippen LogP contribution in [0.25, 0.3) is 33.1 Å². The van der Waals surface area contributed by atoms with Crippen LogP contribution in [0.3, 0.4) is 0 Å². The molecular formula is C29H25N7. The van der Waals surface area contributed by atoms with E-state index in [0.29, 0.717) is 44.8 Å². The minimum absolute atomic E-state index is 0.330. The Labute approximate surface area is 208 Å². The third-order valence-corrected chi connectivity index (χ3v) is 6.47. The predicted octanol–water partition coefficient (Wildman–Crippen LogP) is 6.67. The van der Waals surface area contributed by atoms with Crippen molar-refractivity contribution in [3.05, 3.63) is 90.6 Å². The molecule has 0 saturated heterocycles. The largest absolute Gasteiger partial charge is 0.293 e. The van der Waals surface area contributed by atoms with Gasteiger partial charge in [-0.2, -0.15) is 0 Å². The molecule has 0 aliphatic heterocycles. The number of rotatable bonds is 5. The molecule has 0 unspecified atom stereocenters. The van der Waals surface area contributed by atoms with Crippen LogP contribution in [0.5, 0.6) is 0 Å². The molecule has 0 fully saturated rings. The number of nitrogens with zero attached hydrogens (tertiary/aromatic N) is 7. The first-order chi connectivity index (χ1) is 17.7. The molecule has 0 aliphatic rings. The zero-order chi connectivity index (χ0) is 24.6. The lowest BCUT2D eigenvalue weighted by Crippen LogP contribution is -2.16. The molecule has 0 radical (unpaired) electrons. The van der Waals surface area contributed by atoms with Crippen molar-refractivity contribution >= 4 is 50.3 Å². The van der Waals surface area contributed by atoms with E-state index < -0.39 is 0 Å². The lowest BCUT2D eigenvalue weighted by Gasteiger charge is -2.29. The van der Waals surface area contributed by atoms with Crippen LogP contribution in [0.15, 0.2) is 79.5 Å². The van der Waals surface area contributed by atoms with Crippen molar-refractivity contribution in [1.29, 1.82) is 0 Å². The third-order valence-electron chi connectivity index (χ3n) is 6.47. The van der Waals surface area contributed by atoms with E-state index in [1.54, 1.807) is 24.8 Å². The van der Waals surface area contributed by atoms with Crippen molar-refractivity contribution < 1.29 is 0 Å². The van der Waals surface area contributed by atoms with Crippen LogP contribution in [0.4, 0.5) is 17.2 Å². The van der Waals surface area contributed by atoms with Crippen LogP contribution >= 0.6 is 0 Å². The molecule has 7 heteroatoms. The molecule has 36 heavy (non-hydrogen) atoms. The average Bonchev–Trinajstić information content (AvgIpc) is 2.94. The van der Waals surface area contributed by atoms with Crippen molar-refractivity contribution in [2.24, 2.45) is 0 Å². The number of aryl methyl sites for hydroxylation is 1. The van der Waals surface area contributed by atoms with Crippen LogP contribution in [0.2, 0.25) is 0 Å². The van der Waals surface area contributed by atoms with Gasteiger partial charge in [-0.25, -0.2) is 9.97 Å². The second-order valence-electron chi connectivity index (χ2n) is 8.96.